The molecule has 1 amide bonds. The van der Waals surface area contributed by atoms with Crippen LogP contribution in [0.15, 0.2) is 47.3 Å². The monoisotopic (exact) mass is 371 g/mol. The second-order valence-corrected chi connectivity index (χ2v) is 5.63. The van der Waals surface area contributed by atoms with Crippen LogP contribution in [0.4, 0.5) is 5.82 Å². The first-order valence-corrected chi connectivity index (χ1v) is 7.77. The molecule has 8 heteroatoms. The number of aromatic nitrogens is 2. The van der Waals surface area contributed by atoms with Gasteiger partial charge in [-0.15, -0.1) is 0 Å². The van der Waals surface area contributed by atoms with Crippen molar-refractivity contribution < 1.29 is 18.8 Å². The number of carbonyl (C=O) groups is 1. The molecule has 2 aromatic heterocycles. The van der Waals surface area contributed by atoms with Crippen LogP contribution in [0.3, 0.4) is 0 Å². The number of hydrogen-bond donors (Lipinski definition) is 1. The van der Waals surface area contributed by atoms with Crippen molar-refractivity contribution in [2.45, 2.75) is 13.8 Å². The molecule has 3 aromatic rings. The van der Waals surface area contributed by atoms with E-state index in [0.29, 0.717) is 16.5 Å². The zero-order valence-corrected chi connectivity index (χ0v) is 14.7. The molecule has 0 fully saturated rings. The van der Waals surface area contributed by atoms with Crippen LogP contribution >= 0.6 is 11.6 Å². The van der Waals surface area contributed by atoms with Crippen LogP contribution in [-0.2, 0) is 9.59 Å². The molecule has 2 heterocycles. The van der Waals surface area contributed by atoms with Crippen LogP contribution in [0, 0.1) is 13.8 Å². The van der Waals surface area contributed by atoms with Gasteiger partial charge in [-0.2, -0.15) is 9.59 Å². The Morgan fingerprint density at radius 2 is 1.88 bits per heavy atom. The van der Waals surface area contributed by atoms with Crippen molar-refractivity contribution >= 4 is 29.5 Å². The van der Waals surface area contributed by atoms with Crippen molar-refractivity contribution in [3.63, 3.8) is 0 Å². The largest absolute Gasteiger partial charge is 0.438 e. The Balaban J connectivity index is 0.000000758. The Bertz CT molecular complexity index is 945. The normalized spacial score (nSPS) is 9.65. The highest BCUT2D eigenvalue weighted by atomic mass is 35.5. The first kappa shape index (κ1) is 19.1. The van der Waals surface area contributed by atoms with Gasteiger partial charge in [-0.3, -0.25) is 4.79 Å². The molecular weight excluding hydrogens is 358 g/mol. The molecule has 1 N–H and O–H groups in total. The molecule has 0 bridgehead atoms. The third kappa shape index (κ3) is 4.63. The first-order valence-electron chi connectivity index (χ1n) is 7.39. The number of carbonyl (C=O) groups excluding carboxylic acids is 3. The number of nitrogens with zero attached hydrogens (tertiary/aromatic N) is 2. The highest BCUT2D eigenvalue weighted by Crippen LogP contribution is 2.28. The Labute approximate surface area is 154 Å². The second kappa shape index (κ2) is 8.71. The van der Waals surface area contributed by atoms with Gasteiger partial charge in [-0.25, -0.2) is 9.97 Å². The minimum absolute atomic E-state index is 0.178. The number of aryl methyl sites for hydroxylation is 2. The summed E-state index contributed by atoms with van der Waals surface area (Å²) in [4.78, 5) is 36.4. The van der Waals surface area contributed by atoms with E-state index in [2.05, 4.69) is 15.3 Å². The SMILES string of the molecule is Cc1ccc(Cl)c(-c2ccc(NC(=O)c3ocnc3C)nc2)c1.O=C=O. The first-order chi connectivity index (χ1) is 12.5. The summed E-state index contributed by atoms with van der Waals surface area (Å²) in [6.45, 7) is 3.70. The Kier molecular flexibility index (Phi) is 6.38. The number of rotatable bonds is 3. The van der Waals surface area contributed by atoms with Crippen molar-refractivity contribution in [3.05, 3.63) is 65.0 Å². The summed E-state index contributed by atoms with van der Waals surface area (Å²) in [5.41, 5.74) is 3.43. The summed E-state index contributed by atoms with van der Waals surface area (Å²) in [5.74, 6) is 0.227. The van der Waals surface area contributed by atoms with E-state index in [4.69, 9.17) is 25.6 Å². The van der Waals surface area contributed by atoms with Crippen LogP contribution in [-0.4, -0.2) is 22.0 Å². The van der Waals surface area contributed by atoms with Gasteiger partial charge in [-0.05, 0) is 38.1 Å². The van der Waals surface area contributed by atoms with Crippen LogP contribution in [0.2, 0.25) is 5.02 Å². The molecule has 0 radical (unpaired) electrons. The third-order valence-corrected chi connectivity index (χ3v) is 3.72. The Morgan fingerprint density at radius 1 is 1.15 bits per heavy atom. The van der Waals surface area contributed by atoms with Crippen molar-refractivity contribution in [2.24, 2.45) is 0 Å². The van der Waals surface area contributed by atoms with Gasteiger partial charge in [-0.1, -0.05) is 23.2 Å². The molecular formula is C18H14ClN3O4. The van der Waals surface area contributed by atoms with Crippen LogP contribution in [0.25, 0.3) is 11.1 Å². The van der Waals surface area contributed by atoms with Crippen LogP contribution in [0.5, 0.6) is 0 Å². The molecule has 0 saturated heterocycles. The number of anilines is 1. The average molecular weight is 372 g/mol. The Hall–Kier alpha value is -3.28. The minimum Gasteiger partial charge on any atom is -0.438 e. The van der Waals surface area contributed by atoms with Crippen LogP contribution < -0.4 is 5.32 Å². The molecule has 0 aliphatic rings. The molecule has 0 unspecified atom stereocenters. The smallest absolute Gasteiger partial charge is 0.373 e. The number of halogens is 1. The minimum atomic E-state index is -0.381. The van der Waals surface area contributed by atoms with Gasteiger partial charge >= 0.3 is 6.15 Å². The number of pyridine rings is 1. The van der Waals surface area contributed by atoms with E-state index in [1.807, 2.05) is 31.2 Å². The molecule has 1 aromatic carbocycles. The molecule has 0 aliphatic carbocycles. The van der Waals surface area contributed by atoms with Gasteiger partial charge in [0.2, 0.25) is 5.76 Å². The van der Waals surface area contributed by atoms with E-state index in [0.717, 1.165) is 16.7 Å². The fraction of sp³-hybridized carbons (Fsp3) is 0.111. The number of amides is 1. The van der Waals surface area contributed by atoms with Crippen molar-refractivity contribution in [2.75, 3.05) is 5.32 Å². The molecule has 3 rings (SSSR count). The fourth-order valence-corrected chi connectivity index (χ4v) is 2.41. The maximum Gasteiger partial charge on any atom is 0.373 e. The van der Waals surface area contributed by atoms with E-state index in [1.165, 1.54) is 6.39 Å². The van der Waals surface area contributed by atoms with Gasteiger partial charge in [0.15, 0.2) is 6.39 Å². The lowest BCUT2D eigenvalue weighted by atomic mass is 10.1. The van der Waals surface area contributed by atoms with E-state index >= 15 is 0 Å². The molecule has 0 spiro atoms. The number of oxazole rings is 1. The van der Waals surface area contributed by atoms with E-state index in [-0.39, 0.29) is 17.8 Å². The molecule has 132 valence electrons. The quantitative estimate of drug-likeness (QED) is 0.753. The summed E-state index contributed by atoms with van der Waals surface area (Å²) in [6, 6.07) is 9.38. The molecule has 0 saturated carbocycles. The number of nitrogens with one attached hydrogen (secondary N) is 1. The van der Waals surface area contributed by atoms with Gasteiger partial charge in [0.05, 0.1) is 5.69 Å². The van der Waals surface area contributed by atoms with Gasteiger partial charge in [0.25, 0.3) is 5.91 Å². The topological polar surface area (TPSA) is 102 Å². The fourth-order valence-electron chi connectivity index (χ4n) is 2.18. The second-order valence-electron chi connectivity index (χ2n) is 5.22. The summed E-state index contributed by atoms with van der Waals surface area (Å²) >= 11 is 6.22. The van der Waals surface area contributed by atoms with Gasteiger partial charge in [0, 0.05) is 22.3 Å². The van der Waals surface area contributed by atoms with Crippen LogP contribution in [0.1, 0.15) is 21.8 Å². The zero-order valence-electron chi connectivity index (χ0n) is 13.9. The molecule has 7 nitrogen and oxygen atoms in total. The standard InChI is InChI=1S/C17H14ClN3O2.CO2/c1-10-3-5-14(18)13(7-10)12-4-6-15(19-8-12)21-17(22)16-11(2)20-9-23-16;2-1-3/h3-9H,1-2H3,(H,19,21,22);. The van der Waals surface area contributed by atoms with E-state index < -0.39 is 0 Å². The summed E-state index contributed by atoms with van der Waals surface area (Å²) < 4.78 is 5.05. The van der Waals surface area contributed by atoms with Crippen molar-refractivity contribution in [1.82, 2.24) is 9.97 Å². The summed E-state index contributed by atoms with van der Waals surface area (Å²) in [6.07, 6.45) is 3.16. The predicted molar refractivity (Wildman–Crippen MR) is 93.6 cm³/mol. The highest BCUT2D eigenvalue weighted by molar-refractivity contribution is 6.33. The van der Waals surface area contributed by atoms with E-state index in [9.17, 15) is 4.79 Å². The predicted octanol–water partition coefficient (Wildman–Crippen LogP) is 3.68. The zero-order chi connectivity index (χ0) is 19.1. The van der Waals surface area contributed by atoms with Gasteiger partial charge < -0.3 is 9.73 Å². The van der Waals surface area contributed by atoms with Crippen molar-refractivity contribution in [1.29, 1.82) is 0 Å². The lowest BCUT2D eigenvalue weighted by Gasteiger charge is -2.07. The maximum absolute atomic E-state index is 12.0. The van der Waals surface area contributed by atoms with E-state index in [1.54, 1.807) is 19.2 Å². The van der Waals surface area contributed by atoms with Gasteiger partial charge in [0.1, 0.15) is 5.82 Å². The number of hydrogen-bond acceptors (Lipinski definition) is 6. The lowest BCUT2D eigenvalue weighted by molar-refractivity contribution is -0.191. The lowest BCUT2D eigenvalue weighted by Crippen LogP contribution is -2.13. The molecule has 26 heavy (non-hydrogen) atoms. The average Bonchev–Trinajstić information content (AvgIpc) is 3.05. The number of benzene rings is 1. The summed E-state index contributed by atoms with van der Waals surface area (Å²) in [5, 5.41) is 3.33. The molecule has 0 atom stereocenters. The van der Waals surface area contributed by atoms with Crippen molar-refractivity contribution in [3.8, 4) is 11.1 Å². The maximum atomic E-state index is 12.0. The third-order valence-electron chi connectivity index (χ3n) is 3.39. The Morgan fingerprint density at radius 3 is 2.46 bits per heavy atom. The molecule has 0 aliphatic heterocycles. The summed E-state index contributed by atoms with van der Waals surface area (Å²) in [7, 11) is 0. The highest BCUT2D eigenvalue weighted by Gasteiger charge is 2.14.